The minimum Gasteiger partial charge on any atom is -0.313 e. The lowest BCUT2D eigenvalue weighted by molar-refractivity contribution is 0.548. The van der Waals surface area contributed by atoms with Crippen molar-refractivity contribution in [3.63, 3.8) is 0 Å². The second-order valence-electron chi connectivity index (χ2n) is 3.88. The Hall–Kier alpha value is 0. The minimum absolute atomic E-state index is 0.520. The first-order valence-corrected chi connectivity index (χ1v) is 7.69. The van der Waals surface area contributed by atoms with E-state index >= 15 is 0 Å². The van der Waals surface area contributed by atoms with Crippen LogP contribution in [0.2, 0.25) is 0 Å². The number of hydrogen-bond acceptors (Lipinski definition) is 3. The summed E-state index contributed by atoms with van der Waals surface area (Å²) in [7, 11) is 2.01. The lowest BCUT2D eigenvalue weighted by Gasteiger charge is -2.17. The van der Waals surface area contributed by atoms with Crippen LogP contribution in [0.3, 0.4) is 0 Å². The van der Waals surface area contributed by atoms with Crippen LogP contribution in [-0.2, 0) is 13.5 Å². The van der Waals surface area contributed by atoms with Crippen molar-refractivity contribution < 1.29 is 0 Å². The third kappa shape index (κ3) is 3.50. The summed E-state index contributed by atoms with van der Waals surface area (Å²) in [5.41, 5.74) is 2.34. The molecule has 0 spiro atoms. The highest BCUT2D eigenvalue weighted by molar-refractivity contribution is 9.10. The summed E-state index contributed by atoms with van der Waals surface area (Å²) in [4.78, 5) is 0. The number of aryl methyl sites for hydroxylation is 2. The monoisotopic (exact) mass is 305 g/mol. The molecule has 0 radical (unpaired) electrons. The third-order valence-electron chi connectivity index (χ3n) is 2.56. The molecule has 0 aromatic carbocycles. The number of rotatable bonds is 6. The number of nitrogens with zero attached hydrogens (tertiary/aromatic N) is 2. The van der Waals surface area contributed by atoms with Crippen LogP contribution in [0.5, 0.6) is 0 Å². The SMILES string of the molecule is CCNC(CSC)Cc1c(Br)c(C)nn1C. The average molecular weight is 306 g/mol. The molecule has 5 heteroatoms. The summed E-state index contributed by atoms with van der Waals surface area (Å²) in [6, 6.07) is 0.520. The van der Waals surface area contributed by atoms with Crippen molar-refractivity contribution in [1.29, 1.82) is 0 Å². The molecule has 0 aliphatic carbocycles. The summed E-state index contributed by atoms with van der Waals surface area (Å²) in [5.74, 6) is 1.13. The highest BCUT2D eigenvalue weighted by Crippen LogP contribution is 2.22. The number of aromatic nitrogens is 2. The summed E-state index contributed by atoms with van der Waals surface area (Å²) < 4.78 is 3.13. The molecule has 92 valence electrons. The fourth-order valence-electron chi connectivity index (χ4n) is 1.82. The molecule has 3 nitrogen and oxygen atoms in total. The van der Waals surface area contributed by atoms with E-state index in [4.69, 9.17) is 0 Å². The first-order valence-electron chi connectivity index (χ1n) is 5.50. The highest BCUT2D eigenvalue weighted by atomic mass is 79.9. The van der Waals surface area contributed by atoms with Gasteiger partial charge < -0.3 is 5.32 Å². The maximum atomic E-state index is 4.42. The van der Waals surface area contributed by atoms with E-state index in [0.29, 0.717) is 6.04 Å². The molecule has 0 aliphatic rings. The number of hydrogen-bond donors (Lipinski definition) is 1. The molecule has 0 bridgehead atoms. The van der Waals surface area contributed by atoms with Gasteiger partial charge in [-0.3, -0.25) is 4.68 Å². The lowest BCUT2D eigenvalue weighted by Crippen LogP contribution is -2.33. The van der Waals surface area contributed by atoms with E-state index in [0.717, 1.165) is 28.9 Å². The first-order chi connectivity index (χ1) is 7.60. The smallest absolute Gasteiger partial charge is 0.0738 e. The lowest BCUT2D eigenvalue weighted by atomic mass is 10.1. The van der Waals surface area contributed by atoms with Crippen LogP contribution >= 0.6 is 27.7 Å². The summed E-state index contributed by atoms with van der Waals surface area (Å²) in [6.45, 7) is 5.20. The van der Waals surface area contributed by atoms with E-state index in [2.05, 4.69) is 39.5 Å². The molecule has 1 aromatic heterocycles. The first kappa shape index (κ1) is 14.1. The Bertz CT molecular complexity index is 332. The molecule has 1 unspecified atom stereocenters. The predicted molar refractivity (Wildman–Crippen MR) is 75.2 cm³/mol. The van der Waals surface area contributed by atoms with Gasteiger partial charge >= 0.3 is 0 Å². The standard InChI is InChI=1S/C11H20BrN3S/c1-5-13-9(7-16-4)6-10-11(12)8(2)14-15(10)3/h9,13H,5-7H2,1-4H3. The van der Waals surface area contributed by atoms with Crippen LogP contribution in [0.1, 0.15) is 18.3 Å². The van der Waals surface area contributed by atoms with Gasteiger partial charge in [0.2, 0.25) is 0 Å². The fourth-order valence-corrected chi connectivity index (χ4v) is 2.95. The van der Waals surface area contributed by atoms with Gasteiger partial charge in [-0.25, -0.2) is 0 Å². The average Bonchev–Trinajstić information content (AvgIpc) is 2.46. The Morgan fingerprint density at radius 2 is 2.25 bits per heavy atom. The molecule has 16 heavy (non-hydrogen) atoms. The van der Waals surface area contributed by atoms with Crippen molar-refractivity contribution in [2.75, 3.05) is 18.6 Å². The Balaban J connectivity index is 2.76. The van der Waals surface area contributed by atoms with Crippen LogP contribution in [0.15, 0.2) is 4.47 Å². The van der Waals surface area contributed by atoms with Crippen molar-refractivity contribution in [3.8, 4) is 0 Å². The maximum Gasteiger partial charge on any atom is 0.0738 e. The van der Waals surface area contributed by atoms with Gasteiger partial charge in [-0.15, -0.1) is 0 Å². The van der Waals surface area contributed by atoms with Crippen LogP contribution in [0, 0.1) is 6.92 Å². The molecule has 0 aliphatic heterocycles. The van der Waals surface area contributed by atoms with Crippen molar-refractivity contribution in [2.24, 2.45) is 7.05 Å². The topological polar surface area (TPSA) is 29.9 Å². The van der Waals surface area contributed by atoms with Gasteiger partial charge in [0.05, 0.1) is 15.9 Å². The summed E-state index contributed by atoms with van der Waals surface area (Å²) >= 11 is 5.49. The van der Waals surface area contributed by atoms with Crippen molar-refractivity contribution in [1.82, 2.24) is 15.1 Å². The van der Waals surface area contributed by atoms with E-state index in [9.17, 15) is 0 Å². The number of likely N-dealkylation sites (N-methyl/N-ethyl adjacent to an activating group) is 1. The summed E-state index contributed by atoms with van der Waals surface area (Å²) in [5, 5.41) is 7.93. The van der Waals surface area contributed by atoms with Gasteiger partial charge in [0.1, 0.15) is 0 Å². The fraction of sp³-hybridized carbons (Fsp3) is 0.727. The van der Waals surface area contributed by atoms with Crippen LogP contribution in [0.4, 0.5) is 0 Å². The van der Waals surface area contributed by atoms with Crippen LogP contribution < -0.4 is 5.32 Å². The van der Waals surface area contributed by atoms with Crippen LogP contribution in [0.25, 0.3) is 0 Å². The molecule has 1 rings (SSSR count). The molecule has 0 fully saturated rings. The Morgan fingerprint density at radius 3 is 2.69 bits per heavy atom. The largest absolute Gasteiger partial charge is 0.313 e. The maximum absolute atomic E-state index is 4.42. The Labute approximate surface area is 110 Å². The molecule has 0 saturated heterocycles. The van der Waals surface area contributed by atoms with Gasteiger partial charge in [0, 0.05) is 25.3 Å². The molecular weight excluding hydrogens is 286 g/mol. The molecule has 0 amide bonds. The second kappa shape index (κ2) is 6.67. The molecule has 1 N–H and O–H groups in total. The molecule has 1 aromatic rings. The number of thioether (sulfide) groups is 1. The second-order valence-corrected chi connectivity index (χ2v) is 5.59. The summed E-state index contributed by atoms with van der Waals surface area (Å²) in [6.07, 6.45) is 3.17. The van der Waals surface area contributed by atoms with Gasteiger partial charge in [-0.05, 0) is 35.7 Å². The van der Waals surface area contributed by atoms with Gasteiger partial charge in [0.15, 0.2) is 0 Å². The quantitative estimate of drug-likeness (QED) is 0.875. The van der Waals surface area contributed by atoms with E-state index in [1.807, 2.05) is 30.4 Å². The number of halogens is 1. The Morgan fingerprint density at radius 1 is 1.56 bits per heavy atom. The molecule has 1 atom stereocenters. The van der Waals surface area contributed by atoms with E-state index in [1.165, 1.54) is 5.69 Å². The minimum atomic E-state index is 0.520. The van der Waals surface area contributed by atoms with Gasteiger partial charge in [0.25, 0.3) is 0 Å². The van der Waals surface area contributed by atoms with Gasteiger partial charge in [-0.1, -0.05) is 6.92 Å². The zero-order valence-corrected chi connectivity index (χ0v) is 12.8. The highest BCUT2D eigenvalue weighted by Gasteiger charge is 2.15. The van der Waals surface area contributed by atoms with Crippen LogP contribution in [-0.4, -0.2) is 34.4 Å². The normalized spacial score (nSPS) is 13.1. The van der Waals surface area contributed by atoms with E-state index in [1.54, 1.807) is 0 Å². The predicted octanol–water partition coefficient (Wildman–Crippen LogP) is 2.37. The third-order valence-corrected chi connectivity index (χ3v) is 4.33. The zero-order valence-electron chi connectivity index (χ0n) is 10.4. The molecule has 1 heterocycles. The molecular formula is C11H20BrN3S. The number of nitrogens with one attached hydrogen (secondary N) is 1. The van der Waals surface area contributed by atoms with E-state index < -0.39 is 0 Å². The molecule has 0 saturated carbocycles. The van der Waals surface area contributed by atoms with E-state index in [-0.39, 0.29) is 0 Å². The van der Waals surface area contributed by atoms with Crippen molar-refractivity contribution >= 4 is 27.7 Å². The zero-order chi connectivity index (χ0) is 12.1. The van der Waals surface area contributed by atoms with Crippen molar-refractivity contribution in [3.05, 3.63) is 15.9 Å². The Kier molecular flexibility index (Phi) is 5.86. The van der Waals surface area contributed by atoms with Crippen molar-refractivity contribution in [2.45, 2.75) is 26.3 Å². The van der Waals surface area contributed by atoms with Gasteiger partial charge in [-0.2, -0.15) is 16.9 Å².